The molecule has 1 aliphatic rings. The number of hydrogen-bond donors (Lipinski definition) is 1. The molecule has 5 rings (SSSR count). The number of para-hydroxylation sites is 1. The molecule has 0 radical (unpaired) electrons. The minimum absolute atomic E-state index is 0.182. The molecule has 0 aliphatic carbocycles. The van der Waals surface area contributed by atoms with Crippen molar-refractivity contribution in [2.45, 2.75) is 18.8 Å². The summed E-state index contributed by atoms with van der Waals surface area (Å²) in [5, 5.41) is 2.43. The van der Waals surface area contributed by atoms with Crippen molar-refractivity contribution in [2.24, 2.45) is 0 Å². The number of rotatable bonds is 2. The summed E-state index contributed by atoms with van der Waals surface area (Å²) < 4.78 is 1.18. The Morgan fingerprint density at radius 3 is 2.46 bits per heavy atom. The van der Waals surface area contributed by atoms with Gasteiger partial charge in [0.05, 0.1) is 4.88 Å². The number of carbonyl (C=O) groups excluding carboxylic acids is 1. The fourth-order valence-electron chi connectivity index (χ4n) is 3.95. The van der Waals surface area contributed by atoms with E-state index < -0.39 is 0 Å². The van der Waals surface area contributed by atoms with Gasteiger partial charge in [0.15, 0.2) is 0 Å². The van der Waals surface area contributed by atoms with E-state index in [9.17, 15) is 4.79 Å². The second-order valence-corrected chi connectivity index (χ2v) is 8.11. The molecule has 4 aromatic rings. The second-order valence-electron chi connectivity index (χ2n) is 7.03. The lowest BCUT2D eigenvalue weighted by molar-refractivity contribution is 0.0717. The molecule has 0 atom stereocenters. The molecule has 1 saturated heterocycles. The number of H-pyrrole nitrogens is 1. The number of hydrogen-bond acceptors (Lipinski definition) is 2. The quantitative estimate of drug-likeness (QED) is 0.510. The highest BCUT2D eigenvalue weighted by Crippen LogP contribution is 2.32. The zero-order chi connectivity index (χ0) is 17.5. The van der Waals surface area contributed by atoms with Gasteiger partial charge in [-0.1, -0.05) is 36.4 Å². The van der Waals surface area contributed by atoms with Gasteiger partial charge in [-0.3, -0.25) is 4.79 Å². The maximum atomic E-state index is 12.9. The van der Waals surface area contributed by atoms with Crippen molar-refractivity contribution in [1.82, 2.24) is 9.88 Å². The van der Waals surface area contributed by atoms with Gasteiger partial charge in [-0.25, -0.2) is 0 Å². The first-order chi connectivity index (χ1) is 12.8. The van der Waals surface area contributed by atoms with Crippen molar-refractivity contribution in [2.75, 3.05) is 13.1 Å². The average Bonchev–Trinajstić information content (AvgIpc) is 3.31. The summed E-state index contributed by atoms with van der Waals surface area (Å²) in [6.07, 6.45) is 2.03. The minimum atomic E-state index is 0.182. The lowest BCUT2D eigenvalue weighted by Gasteiger charge is -2.31. The normalized spacial score (nSPS) is 15.8. The topological polar surface area (TPSA) is 36.1 Å². The third kappa shape index (κ3) is 2.71. The summed E-state index contributed by atoms with van der Waals surface area (Å²) in [4.78, 5) is 19.3. The number of thiophene rings is 1. The number of benzene rings is 2. The molecular formula is C22H20N2OS. The molecule has 0 saturated carbocycles. The zero-order valence-corrected chi connectivity index (χ0v) is 15.3. The maximum absolute atomic E-state index is 12.9. The van der Waals surface area contributed by atoms with Gasteiger partial charge in [0.25, 0.3) is 5.91 Å². The highest BCUT2D eigenvalue weighted by atomic mass is 32.1. The monoisotopic (exact) mass is 360 g/mol. The largest absolute Gasteiger partial charge is 0.358 e. The predicted octanol–water partition coefficient (Wildman–Crippen LogP) is 5.40. The number of aromatic nitrogens is 1. The Balaban J connectivity index is 1.31. The summed E-state index contributed by atoms with van der Waals surface area (Å²) in [7, 11) is 0. The number of carbonyl (C=O) groups is 1. The second kappa shape index (κ2) is 6.29. The highest BCUT2D eigenvalue weighted by Gasteiger charge is 2.26. The molecular weight excluding hydrogens is 340 g/mol. The van der Waals surface area contributed by atoms with Crippen molar-refractivity contribution in [1.29, 1.82) is 0 Å². The standard InChI is InChI=1S/C22H20N2OS/c25-22(21-14-17-6-2-4-8-20(17)26-21)24-11-9-15(10-12-24)19-13-16-5-1-3-7-18(16)23-19/h1-8,13-15,23H,9-12H2. The van der Waals surface area contributed by atoms with E-state index >= 15 is 0 Å². The maximum Gasteiger partial charge on any atom is 0.263 e. The fraction of sp³-hybridized carbons (Fsp3) is 0.227. The molecule has 4 heteroatoms. The van der Waals surface area contributed by atoms with Crippen molar-refractivity contribution in [3.05, 3.63) is 71.2 Å². The van der Waals surface area contributed by atoms with Crippen LogP contribution in [0.15, 0.2) is 60.7 Å². The number of fused-ring (bicyclic) bond motifs is 2. The van der Waals surface area contributed by atoms with Crippen LogP contribution in [-0.2, 0) is 0 Å². The predicted molar refractivity (Wildman–Crippen MR) is 108 cm³/mol. The van der Waals surface area contributed by atoms with E-state index in [1.165, 1.54) is 21.3 Å². The lowest BCUT2D eigenvalue weighted by Crippen LogP contribution is -2.37. The van der Waals surface area contributed by atoms with Gasteiger partial charge in [0, 0.05) is 34.9 Å². The molecule has 1 aliphatic heterocycles. The van der Waals surface area contributed by atoms with Gasteiger partial charge in [-0.2, -0.15) is 0 Å². The molecule has 2 aromatic carbocycles. The molecule has 130 valence electrons. The van der Waals surface area contributed by atoms with Crippen molar-refractivity contribution in [3.63, 3.8) is 0 Å². The van der Waals surface area contributed by atoms with Crippen LogP contribution < -0.4 is 0 Å². The Morgan fingerprint density at radius 1 is 0.962 bits per heavy atom. The van der Waals surface area contributed by atoms with Gasteiger partial charge < -0.3 is 9.88 Å². The summed E-state index contributed by atoms with van der Waals surface area (Å²) in [5.41, 5.74) is 2.51. The molecule has 3 heterocycles. The van der Waals surface area contributed by atoms with Crippen LogP contribution in [0.3, 0.4) is 0 Å². The Labute approximate surface area is 156 Å². The number of piperidine rings is 1. The number of nitrogens with one attached hydrogen (secondary N) is 1. The molecule has 3 nitrogen and oxygen atoms in total. The first-order valence-corrected chi connectivity index (χ1v) is 9.95. The molecule has 1 fully saturated rings. The molecule has 0 unspecified atom stereocenters. The van der Waals surface area contributed by atoms with Crippen molar-refractivity contribution < 1.29 is 4.79 Å². The van der Waals surface area contributed by atoms with E-state index in [-0.39, 0.29) is 5.91 Å². The average molecular weight is 360 g/mol. The molecule has 1 N–H and O–H groups in total. The van der Waals surface area contributed by atoms with Gasteiger partial charge in [0.2, 0.25) is 0 Å². The SMILES string of the molecule is O=C(c1cc2ccccc2s1)N1CCC(c2cc3ccccc3[nH]2)CC1. The van der Waals surface area contributed by atoms with Gasteiger partial charge in [-0.05, 0) is 47.9 Å². The summed E-state index contributed by atoms with van der Waals surface area (Å²) in [6.45, 7) is 1.65. The van der Waals surface area contributed by atoms with E-state index in [0.717, 1.165) is 36.2 Å². The van der Waals surface area contributed by atoms with Crippen LogP contribution in [-0.4, -0.2) is 28.9 Å². The minimum Gasteiger partial charge on any atom is -0.358 e. The Morgan fingerprint density at radius 2 is 1.69 bits per heavy atom. The van der Waals surface area contributed by atoms with E-state index in [1.807, 2.05) is 23.1 Å². The van der Waals surface area contributed by atoms with Crippen LogP contribution >= 0.6 is 11.3 Å². The number of nitrogens with zero attached hydrogens (tertiary/aromatic N) is 1. The number of amides is 1. The van der Waals surface area contributed by atoms with Crippen LogP contribution in [0.5, 0.6) is 0 Å². The van der Waals surface area contributed by atoms with Crippen LogP contribution in [0.4, 0.5) is 0 Å². The highest BCUT2D eigenvalue weighted by molar-refractivity contribution is 7.20. The number of likely N-dealkylation sites (tertiary alicyclic amines) is 1. The van der Waals surface area contributed by atoms with Gasteiger partial charge >= 0.3 is 0 Å². The summed E-state index contributed by atoms with van der Waals surface area (Å²) in [5.74, 6) is 0.690. The van der Waals surface area contributed by atoms with Crippen LogP contribution in [0.1, 0.15) is 34.1 Å². The van der Waals surface area contributed by atoms with Crippen molar-refractivity contribution >= 4 is 38.2 Å². The molecule has 0 bridgehead atoms. The number of aromatic amines is 1. The molecule has 26 heavy (non-hydrogen) atoms. The van der Waals surface area contributed by atoms with E-state index in [1.54, 1.807) is 11.3 Å². The Bertz CT molecular complexity index is 1020. The van der Waals surface area contributed by atoms with E-state index in [2.05, 4.69) is 47.4 Å². The van der Waals surface area contributed by atoms with Crippen LogP contribution in [0, 0.1) is 0 Å². The smallest absolute Gasteiger partial charge is 0.263 e. The molecule has 1 amide bonds. The lowest BCUT2D eigenvalue weighted by atomic mass is 9.93. The Kier molecular flexibility index (Phi) is 3.79. The first kappa shape index (κ1) is 15.6. The van der Waals surface area contributed by atoms with Crippen LogP contribution in [0.25, 0.3) is 21.0 Å². The first-order valence-electron chi connectivity index (χ1n) is 9.13. The Hall–Kier alpha value is -2.59. The van der Waals surface area contributed by atoms with Gasteiger partial charge in [0.1, 0.15) is 0 Å². The summed E-state index contributed by atoms with van der Waals surface area (Å²) in [6, 6.07) is 20.9. The third-order valence-electron chi connectivity index (χ3n) is 5.41. The van der Waals surface area contributed by atoms with E-state index in [0.29, 0.717) is 5.92 Å². The van der Waals surface area contributed by atoms with Gasteiger partial charge in [-0.15, -0.1) is 11.3 Å². The fourth-order valence-corrected chi connectivity index (χ4v) is 4.98. The zero-order valence-electron chi connectivity index (χ0n) is 14.4. The van der Waals surface area contributed by atoms with Crippen molar-refractivity contribution in [3.8, 4) is 0 Å². The molecule has 0 spiro atoms. The molecule has 2 aromatic heterocycles. The summed E-state index contributed by atoms with van der Waals surface area (Å²) >= 11 is 1.60. The van der Waals surface area contributed by atoms with E-state index in [4.69, 9.17) is 0 Å². The third-order valence-corrected chi connectivity index (χ3v) is 6.51. The van der Waals surface area contributed by atoms with Crippen LogP contribution in [0.2, 0.25) is 0 Å².